The van der Waals surface area contributed by atoms with Crippen LogP contribution in [0.1, 0.15) is 25.7 Å². The minimum absolute atomic E-state index is 0.190. The molecule has 1 heterocycles. The molecule has 0 unspecified atom stereocenters. The van der Waals surface area contributed by atoms with E-state index in [9.17, 15) is 4.79 Å². The van der Waals surface area contributed by atoms with Crippen molar-refractivity contribution in [1.29, 1.82) is 0 Å². The van der Waals surface area contributed by atoms with Crippen LogP contribution in [0.25, 0.3) is 0 Å². The van der Waals surface area contributed by atoms with Crippen LogP contribution in [0, 0.1) is 0 Å². The number of nitrogens with one attached hydrogen (secondary N) is 2. The zero-order valence-corrected chi connectivity index (χ0v) is 12.6. The summed E-state index contributed by atoms with van der Waals surface area (Å²) in [6.45, 7) is 4.44. The van der Waals surface area contributed by atoms with Crippen LogP contribution in [0.15, 0.2) is 24.3 Å². The first kappa shape index (κ1) is 15.2. The number of tetrazole rings is 1. The molecule has 2 N–H and O–H groups in total. The van der Waals surface area contributed by atoms with Crippen molar-refractivity contribution in [2.24, 2.45) is 0 Å². The molecular weight excluding hydrogens is 292 g/mol. The Kier molecular flexibility index (Phi) is 5.10. The Balaban J connectivity index is 1.80. The summed E-state index contributed by atoms with van der Waals surface area (Å²) in [6, 6.07) is 6.87. The second-order valence-electron chi connectivity index (χ2n) is 4.77. The number of urea groups is 1. The van der Waals surface area contributed by atoms with Gasteiger partial charge in [0.05, 0.1) is 6.04 Å². The lowest BCUT2D eigenvalue weighted by Gasteiger charge is -2.09. The Morgan fingerprint density at radius 1 is 1.43 bits per heavy atom. The van der Waals surface area contributed by atoms with Crippen LogP contribution in [-0.2, 0) is 6.42 Å². The molecule has 2 aromatic rings. The summed E-state index contributed by atoms with van der Waals surface area (Å²) in [5.74, 6) is 0.744. The van der Waals surface area contributed by atoms with Gasteiger partial charge in [0.1, 0.15) is 0 Å². The average Bonchev–Trinajstić information content (AvgIpc) is 2.87. The highest BCUT2D eigenvalue weighted by atomic mass is 35.5. The molecule has 7 nitrogen and oxygen atoms in total. The fourth-order valence-corrected chi connectivity index (χ4v) is 2.00. The van der Waals surface area contributed by atoms with Crippen molar-refractivity contribution in [2.45, 2.75) is 26.3 Å². The van der Waals surface area contributed by atoms with Gasteiger partial charge in [-0.2, -0.15) is 0 Å². The molecule has 8 heteroatoms. The normalized spacial score (nSPS) is 10.7. The second kappa shape index (κ2) is 7.03. The number of carbonyl (C=O) groups is 1. The molecule has 0 fully saturated rings. The summed E-state index contributed by atoms with van der Waals surface area (Å²) >= 11 is 5.85. The summed E-state index contributed by atoms with van der Waals surface area (Å²) in [7, 11) is 0. The molecular formula is C13H17ClN6O. The molecule has 0 aliphatic heterocycles. The van der Waals surface area contributed by atoms with E-state index in [1.165, 1.54) is 0 Å². The molecule has 2 rings (SSSR count). The Hall–Kier alpha value is -2.15. The number of carbonyl (C=O) groups excluding carboxylic acids is 1. The van der Waals surface area contributed by atoms with E-state index in [0.717, 1.165) is 5.82 Å². The van der Waals surface area contributed by atoms with Gasteiger partial charge in [0.25, 0.3) is 0 Å². The maximum atomic E-state index is 11.7. The van der Waals surface area contributed by atoms with E-state index in [2.05, 4.69) is 26.2 Å². The first-order chi connectivity index (χ1) is 10.1. The molecule has 21 heavy (non-hydrogen) atoms. The number of hydrogen-bond acceptors (Lipinski definition) is 4. The highest BCUT2D eigenvalue weighted by Crippen LogP contribution is 2.14. The van der Waals surface area contributed by atoms with Gasteiger partial charge < -0.3 is 10.6 Å². The number of anilines is 1. The van der Waals surface area contributed by atoms with E-state index in [1.54, 1.807) is 28.9 Å². The summed E-state index contributed by atoms with van der Waals surface area (Å²) in [6.07, 6.45) is 0.564. The topological polar surface area (TPSA) is 84.7 Å². The van der Waals surface area contributed by atoms with Crippen LogP contribution in [0.5, 0.6) is 0 Å². The third-order valence-corrected chi connectivity index (χ3v) is 3.00. The Labute approximate surface area is 127 Å². The molecule has 2 amide bonds. The standard InChI is InChI=1S/C13H17ClN6O/c1-9(2)20-12(17-18-19-20)6-7-15-13(21)16-11-5-3-4-10(14)8-11/h3-5,8-9H,6-7H2,1-2H3,(H2,15,16,21). The van der Waals surface area contributed by atoms with Gasteiger partial charge in [-0.25, -0.2) is 9.48 Å². The zero-order valence-electron chi connectivity index (χ0n) is 11.9. The van der Waals surface area contributed by atoms with Gasteiger partial charge in [-0.1, -0.05) is 17.7 Å². The first-order valence-corrected chi connectivity index (χ1v) is 7.01. The number of amides is 2. The number of nitrogens with zero attached hydrogens (tertiary/aromatic N) is 4. The molecule has 0 saturated heterocycles. The van der Waals surface area contributed by atoms with Crippen molar-refractivity contribution >= 4 is 23.3 Å². The van der Waals surface area contributed by atoms with Crippen LogP contribution in [0.3, 0.4) is 0 Å². The summed E-state index contributed by atoms with van der Waals surface area (Å²) in [4.78, 5) is 11.7. The van der Waals surface area contributed by atoms with Crippen molar-refractivity contribution in [3.05, 3.63) is 35.1 Å². The van der Waals surface area contributed by atoms with Gasteiger partial charge in [-0.3, -0.25) is 0 Å². The lowest BCUT2D eigenvalue weighted by Crippen LogP contribution is -2.31. The third-order valence-electron chi connectivity index (χ3n) is 2.77. The van der Waals surface area contributed by atoms with Gasteiger partial charge in [-0.15, -0.1) is 5.10 Å². The number of aromatic nitrogens is 4. The van der Waals surface area contributed by atoms with Gasteiger partial charge >= 0.3 is 6.03 Å². The summed E-state index contributed by atoms with van der Waals surface area (Å²) in [5, 5.41) is 17.5. The SMILES string of the molecule is CC(C)n1nnnc1CCNC(=O)Nc1cccc(Cl)c1. The monoisotopic (exact) mass is 308 g/mol. The van der Waals surface area contributed by atoms with E-state index in [-0.39, 0.29) is 12.1 Å². The Morgan fingerprint density at radius 2 is 2.24 bits per heavy atom. The predicted octanol–water partition coefficient (Wildman–Crippen LogP) is 2.27. The fraction of sp³-hybridized carbons (Fsp3) is 0.385. The summed E-state index contributed by atoms with van der Waals surface area (Å²) < 4.78 is 1.73. The largest absolute Gasteiger partial charge is 0.337 e. The lowest BCUT2D eigenvalue weighted by atomic mass is 10.3. The molecule has 1 aromatic carbocycles. The smallest absolute Gasteiger partial charge is 0.319 e. The third kappa shape index (κ3) is 4.42. The predicted molar refractivity (Wildman–Crippen MR) is 80.4 cm³/mol. The van der Waals surface area contributed by atoms with Crippen molar-refractivity contribution in [3.63, 3.8) is 0 Å². The molecule has 0 atom stereocenters. The molecule has 0 aliphatic rings. The second-order valence-corrected chi connectivity index (χ2v) is 5.21. The van der Waals surface area contributed by atoms with Crippen LogP contribution in [0.2, 0.25) is 5.02 Å². The van der Waals surface area contributed by atoms with Crippen molar-refractivity contribution in [3.8, 4) is 0 Å². The number of benzene rings is 1. The molecule has 0 saturated carbocycles. The number of rotatable bonds is 5. The lowest BCUT2D eigenvalue weighted by molar-refractivity contribution is 0.252. The zero-order chi connectivity index (χ0) is 15.2. The van der Waals surface area contributed by atoms with E-state index >= 15 is 0 Å². The minimum atomic E-state index is -0.291. The maximum Gasteiger partial charge on any atom is 0.319 e. The van der Waals surface area contributed by atoms with Crippen molar-refractivity contribution in [2.75, 3.05) is 11.9 Å². The van der Waals surface area contributed by atoms with E-state index in [4.69, 9.17) is 11.6 Å². The molecule has 0 spiro atoms. The van der Waals surface area contributed by atoms with Gasteiger partial charge in [0.15, 0.2) is 5.82 Å². The molecule has 0 aliphatic carbocycles. The van der Waals surface area contributed by atoms with Crippen LogP contribution in [0.4, 0.5) is 10.5 Å². The van der Waals surface area contributed by atoms with Crippen molar-refractivity contribution < 1.29 is 4.79 Å². The van der Waals surface area contributed by atoms with Gasteiger partial charge in [-0.05, 0) is 42.5 Å². The van der Waals surface area contributed by atoms with Crippen molar-refractivity contribution in [1.82, 2.24) is 25.5 Å². The number of hydrogen-bond donors (Lipinski definition) is 2. The molecule has 112 valence electrons. The number of halogens is 1. The van der Waals surface area contributed by atoms with Crippen LogP contribution >= 0.6 is 11.6 Å². The van der Waals surface area contributed by atoms with E-state index in [0.29, 0.717) is 23.7 Å². The maximum absolute atomic E-state index is 11.7. The molecule has 0 radical (unpaired) electrons. The van der Waals surface area contributed by atoms with Crippen LogP contribution < -0.4 is 10.6 Å². The highest BCUT2D eigenvalue weighted by molar-refractivity contribution is 6.30. The average molecular weight is 309 g/mol. The van der Waals surface area contributed by atoms with E-state index in [1.807, 2.05) is 13.8 Å². The van der Waals surface area contributed by atoms with Crippen LogP contribution in [-0.4, -0.2) is 32.8 Å². The fourth-order valence-electron chi connectivity index (χ4n) is 1.81. The first-order valence-electron chi connectivity index (χ1n) is 6.63. The molecule has 0 bridgehead atoms. The minimum Gasteiger partial charge on any atom is -0.337 e. The van der Waals surface area contributed by atoms with E-state index < -0.39 is 0 Å². The molecule has 1 aromatic heterocycles. The van der Waals surface area contributed by atoms with Gasteiger partial charge in [0, 0.05) is 23.7 Å². The summed E-state index contributed by atoms with van der Waals surface area (Å²) in [5.41, 5.74) is 0.645. The Bertz CT molecular complexity index is 612. The Morgan fingerprint density at radius 3 is 2.95 bits per heavy atom. The van der Waals surface area contributed by atoms with Gasteiger partial charge in [0.2, 0.25) is 0 Å². The quantitative estimate of drug-likeness (QED) is 0.887. The highest BCUT2D eigenvalue weighted by Gasteiger charge is 2.09.